The van der Waals surface area contributed by atoms with Crippen molar-refractivity contribution in [2.75, 3.05) is 20.3 Å². The third-order valence-corrected chi connectivity index (χ3v) is 2.26. The molecule has 106 valence electrons. The molecule has 1 rings (SSSR count). The van der Waals surface area contributed by atoms with Crippen LogP contribution in [0.5, 0.6) is 5.75 Å². The zero-order valence-electron chi connectivity index (χ0n) is 11.5. The van der Waals surface area contributed by atoms with Crippen LogP contribution in [0.3, 0.4) is 0 Å². The number of carbonyl (C=O) groups excluding carboxylic acids is 1. The molecule has 0 fully saturated rings. The van der Waals surface area contributed by atoms with Gasteiger partial charge < -0.3 is 19.8 Å². The van der Waals surface area contributed by atoms with Crippen molar-refractivity contribution in [2.45, 2.75) is 20.4 Å². The number of pyridine rings is 1. The number of hydrogen-bond acceptors (Lipinski definition) is 4. The van der Waals surface area contributed by atoms with E-state index in [0.717, 1.165) is 0 Å². The Labute approximate surface area is 112 Å². The first-order chi connectivity index (χ1) is 9.02. The Morgan fingerprint density at radius 2 is 2.21 bits per heavy atom. The molecule has 0 atom stereocenters. The van der Waals surface area contributed by atoms with Crippen molar-refractivity contribution in [3.8, 4) is 5.75 Å². The molecule has 6 nitrogen and oxygen atoms in total. The molecule has 0 aliphatic rings. The van der Waals surface area contributed by atoms with Gasteiger partial charge in [-0.1, -0.05) is 13.8 Å². The lowest BCUT2D eigenvalue weighted by Crippen LogP contribution is -2.27. The van der Waals surface area contributed by atoms with Gasteiger partial charge in [0.2, 0.25) is 11.3 Å². The van der Waals surface area contributed by atoms with Crippen molar-refractivity contribution in [3.05, 3.63) is 28.2 Å². The lowest BCUT2D eigenvalue weighted by molar-refractivity contribution is -0.124. The second-order valence-electron chi connectivity index (χ2n) is 4.60. The maximum Gasteiger partial charge on any atom is 0.246 e. The molecule has 2 N–H and O–H groups in total. The molecule has 19 heavy (non-hydrogen) atoms. The predicted molar refractivity (Wildman–Crippen MR) is 71.1 cm³/mol. The highest BCUT2D eigenvalue weighted by atomic mass is 16.5. The van der Waals surface area contributed by atoms with Gasteiger partial charge in [0.15, 0.2) is 5.75 Å². The second kappa shape index (κ2) is 7.58. The normalized spacial score (nSPS) is 10.5. The van der Waals surface area contributed by atoms with Crippen LogP contribution >= 0.6 is 0 Å². The first-order valence-electron chi connectivity index (χ1n) is 6.13. The van der Waals surface area contributed by atoms with Gasteiger partial charge in [-0.2, -0.15) is 0 Å². The van der Waals surface area contributed by atoms with E-state index in [0.29, 0.717) is 24.0 Å². The minimum Gasteiger partial charge on any atom is -0.488 e. The number of H-pyrrole nitrogens is 1. The van der Waals surface area contributed by atoms with Gasteiger partial charge in [-0.3, -0.25) is 9.59 Å². The van der Waals surface area contributed by atoms with E-state index < -0.39 is 0 Å². The fraction of sp³-hybridized carbons (Fsp3) is 0.538. The van der Waals surface area contributed by atoms with Crippen molar-refractivity contribution in [1.82, 2.24) is 10.3 Å². The number of aromatic amines is 1. The Bertz CT molecular complexity index is 468. The number of carbonyl (C=O) groups is 1. The summed E-state index contributed by atoms with van der Waals surface area (Å²) < 4.78 is 10.1. The van der Waals surface area contributed by atoms with Crippen LogP contribution in [0.15, 0.2) is 17.1 Å². The first-order valence-corrected chi connectivity index (χ1v) is 6.13. The highest BCUT2D eigenvalue weighted by Gasteiger charge is 2.05. The van der Waals surface area contributed by atoms with E-state index in [-0.39, 0.29) is 24.5 Å². The standard InChI is InChI=1S/C13H20N2O4/c1-9(2)7-19-12-6-14-10(4-11(12)16)5-15-13(17)8-18-3/h4,6,9H,5,7-8H2,1-3H3,(H,14,16)(H,15,17). The average Bonchev–Trinajstić information content (AvgIpc) is 2.35. The topological polar surface area (TPSA) is 80.4 Å². The van der Waals surface area contributed by atoms with Gasteiger partial charge in [0.25, 0.3) is 0 Å². The molecule has 1 amide bonds. The Morgan fingerprint density at radius 3 is 2.79 bits per heavy atom. The molecule has 0 aliphatic heterocycles. The maximum absolute atomic E-state index is 11.7. The summed E-state index contributed by atoms with van der Waals surface area (Å²) in [5, 5.41) is 2.62. The van der Waals surface area contributed by atoms with Crippen molar-refractivity contribution < 1.29 is 14.3 Å². The van der Waals surface area contributed by atoms with E-state index in [2.05, 4.69) is 15.0 Å². The SMILES string of the molecule is COCC(=O)NCc1cc(=O)c(OCC(C)C)c[nH]1. The van der Waals surface area contributed by atoms with Gasteiger partial charge in [0.1, 0.15) is 6.61 Å². The van der Waals surface area contributed by atoms with Gasteiger partial charge in [0, 0.05) is 25.1 Å². The largest absolute Gasteiger partial charge is 0.488 e. The summed E-state index contributed by atoms with van der Waals surface area (Å²) in [5.74, 6) is 0.413. The summed E-state index contributed by atoms with van der Waals surface area (Å²) in [4.78, 5) is 25.9. The molecule has 1 heterocycles. The number of rotatable bonds is 7. The fourth-order valence-corrected chi connectivity index (χ4v) is 1.35. The van der Waals surface area contributed by atoms with Crippen LogP contribution in [0, 0.1) is 5.92 Å². The Balaban J connectivity index is 2.56. The van der Waals surface area contributed by atoms with Crippen LogP contribution in [-0.4, -0.2) is 31.2 Å². The fourth-order valence-electron chi connectivity index (χ4n) is 1.35. The molecule has 6 heteroatoms. The monoisotopic (exact) mass is 268 g/mol. The number of nitrogens with one attached hydrogen (secondary N) is 2. The number of methoxy groups -OCH3 is 1. The molecule has 0 saturated carbocycles. The Morgan fingerprint density at radius 1 is 1.47 bits per heavy atom. The van der Waals surface area contributed by atoms with Gasteiger partial charge in [-0.15, -0.1) is 0 Å². The van der Waals surface area contributed by atoms with Crippen LogP contribution < -0.4 is 15.5 Å². The van der Waals surface area contributed by atoms with Gasteiger partial charge >= 0.3 is 0 Å². The van der Waals surface area contributed by atoms with E-state index >= 15 is 0 Å². The van der Waals surface area contributed by atoms with Crippen LogP contribution in [-0.2, 0) is 16.1 Å². The molecule has 0 unspecified atom stereocenters. The predicted octanol–water partition coefficient (Wildman–Crippen LogP) is 0.672. The third kappa shape index (κ3) is 5.56. The van der Waals surface area contributed by atoms with Crippen LogP contribution in [0.2, 0.25) is 0 Å². The molecule has 0 aromatic carbocycles. The molecule has 1 aromatic rings. The van der Waals surface area contributed by atoms with Crippen molar-refractivity contribution in [2.24, 2.45) is 5.92 Å². The summed E-state index contributed by atoms with van der Waals surface area (Å²) in [5.41, 5.74) is 0.418. The molecular formula is C13H20N2O4. The Hall–Kier alpha value is -1.82. The zero-order valence-corrected chi connectivity index (χ0v) is 11.5. The van der Waals surface area contributed by atoms with Crippen molar-refractivity contribution >= 4 is 5.91 Å². The van der Waals surface area contributed by atoms with E-state index in [9.17, 15) is 9.59 Å². The Kier molecular flexibility index (Phi) is 6.08. The smallest absolute Gasteiger partial charge is 0.246 e. The molecule has 0 radical (unpaired) electrons. The van der Waals surface area contributed by atoms with E-state index in [1.165, 1.54) is 19.4 Å². The molecular weight excluding hydrogens is 248 g/mol. The molecule has 0 bridgehead atoms. The molecule has 0 saturated heterocycles. The highest BCUT2D eigenvalue weighted by molar-refractivity contribution is 5.77. The lowest BCUT2D eigenvalue weighted by Gasteiger charge is -2.09. The average molecular weight is 268 g/mol. The summed E-state index contributed by atoms with van der Waals surface area (Å²) in [6.45, 7) is 4.76. The number of aromatic nitrogens is 1. The van der Waals surface area contributed by atoms with Crippen LogP contribution in [0.1, 0.15) is 19.5 Å². The first kappa shape index (κ1) is 15.2. The zero-order chi connectivity index (χ0) is 14.3. The van der Waals surface area contributed by atoms with Gasteiger partial charge in [-0.25, -0.2) is 0 Å². The summed E-state index contributed by atoms with van der Waals surface area (Å²) in [7, 11) is 1.45. The second-order valence-corrected chi connectivity index (χ2v) is 4.60. The molecule has 1 aromatic heterocycles. The van der Waals surface area contributed by atoms with Crippen LogP contribution in [0.4, 0.5) is 0 Å². The van der Waals surface area contributed by atoms with Gasteiger partial charge in [-0.05, 0) is 5.92 Å². The highest BCUT2D eigenvalue weighted by Crippen LogP contribution is 2.04. The van der Waals surface area contributed by atoms with Crippen molar-refractivity contribution in [3.63, 3.8) is 0 Å². The minimum absolute atomic E-state index is 0.000183. The van der Waals surface area contributed by atoms with E-state index in [1.807, 2.05) is 13.8 Å². The summed E-state index contributed by atoms with van der Waals surface area (Å²) in [6, 6.07) is 1.42. The van der Waals surface area contributed by atoms with Crippen LogP contribution in [0.25, 0.3) is 0 Å². The van der Waals surface area contributed by atoms with E-state index in [4.69, 9.17) is 4.74 Å². The van der Waals surface area contributed by atoms with Crippen molar-refractivity contribution in [1.29, 1.82) is 0 Å². The summed E-state index contributed by atoms with van der Waals surface area (Å²) >= 11 is 0. The van der Waals surface area contributed by atoms with Gasteiger partial charge in [0.05, 0.1) is 13.2 Å². The third-order valence-electron chi connectivity index (χ3n) is 2.26. The quantitative estimate of drug-likeness (QED) is 0.761. The summed E-state index contributed by atoms with van der Waals surface area (Å²) in [6.07, 6.45) is 1.52. The minimum atomic E-state index is -0.233. The molecule has 0 aliphatic carbocycles. The lowest BCUT2D eigenvalue weighted by atomic mass is 10.2. The number of ether oxygens (including phenoxy) is 2. The number of amides is 1. The maximum atomic E-state index is 11.7. The number of hydrogen-bond donors (Lipinski definition) is 2. The molecule has 0 spiro atoms. The van der Waals surface area contributed by atoms with E-state index in [1.54, 1.807) is 0 Å².